The van der Waals surface area contributed by atoms with E-state index >= 15 is 0 Å². The summed E-state index contributed by atoms with van der Waals surface area (Å²) in [6.45, 7) is 1.62. The Balaban J connectivity index is 1.57. The van der Waals surface area contributed by atoms with Gasteiger partial charge in [0.25, 0.3) is 0 Å². The van der Waals surface area contributed by atoms with Gasteiger partial charge >= 0.3 is 5.69 Å². The van der Waals surface area contributed by atoms with E-state index in [-0.39, 0.29) is 18.1 Å². The second kappa shape index (κ2) is 7.03. The van der Waals surface area contributed by atoms with Gasteiger partial charge in [-0.2, -0.15) is 0 Å². The van der Waals surface area contributed by atoms with Crippen molar-refractivity contribution in [1.29, 1.82) is 0 Å². The zero-order valence-corrected chi connectivity index (χ0v) is 15.1. The number of hydrogen-bond donors (Lipinski definition) is 3. The van der Waals surface area contributed by atoms with Crippen LogP contribution < -0.4 is 11.0 Å². The molecule has 28 heavy (non-hydrogen) atoms. The maximum absolute atomic E-state index is 12.3. The van der Waals surface area contributed by atoms with Crippen molar-refractivity contribution >= 4 is 35.1 Å². The number of aromatic amines is 1. The molecule has 3 N–H and O–H groups in total. The molecule has 0 aliphatic carbocycles. The zero-order valence-electron chi connectivity index (χ0n) is 15.1. The number of para-hydroxylation sites is 1. The first kappa shape index (κ1) is 17.5. The number of anilines is 1. The highest BCUT2D eigenvalue weighted by Crippen LogP contribution is 2.32. The van der Waals surface area contributed by atoms with Gasteiger partial charge in [-0.05, 0) is 36.8 Å². The summed E-state index contributed by atoms with van der Waals surface area (Å²) in [4.78, 5) is 31.4. The predicted molar refractivity (Wildman–Crippen MR) is 109 cm³/mol. The second-order valence-electron chi connectivity index (χ2n) is 6.55. The average Bonchev–Trinajstić information content (AvgIpc) is 3.18. The SMILES string of the molecule is Cc1cccc(NC(=O)Cn2c(O)c(/C=C3\C=Nc4ccccc43)[nH]c2=O)c1. The van der Waals surface area contributed by atoms with Crippen molar-refractivity contribution < 1.29 is 9.90 Å². The number of carbonyl (C=O) groups is 1. The number of nitrogens with zero attached hydrogens (tertiary/aromatic N) is 2. The fourth-order valence-corrected chi connectivity index (χ4v) is 3.10. The third-order valence-electron chi connectivity index (χ3n) is 4.44. The minimum absolute atomic E-state index is 0.228. The third-order valence-corrected chi connectivity index (χ3v) is 4.44. The van der Waals surface area contributed by atoms with Crippen molar-refractivity contribution in [2.45, 2.75) is 13.5 Å². The fraction of sp³-hybridized carbons (Fsp3) is 0.0952. The second-order valence-corrected chi connectivity index (χ2v) is 6.55. The van der Waals surface area contributed by atoms with Gasteiger partial charge in [0, 0.05) is 23.0 Å². The average molecular weight is 374 g/mol. The number of carbonyl (C=O) groups excluding carboxylic acids is 1. The van der Waals surface area contributed by atoms with Gasteiger partial charge in [-0.3, -0.25) is 14.4 Å². The maximum Gasteiger partial charge on any atom is 0.329 e. The summed E-state index contributed by atoms with van der Waals surface area (Å²) >= 11 is 0. The van der Waals surface area contributed by atoms with E-state index in [9.17, 15) is 14.7 Å². The molecule has 1 aliphatic rings. The minimum atomic E-state index is -0.563. The zero-order chi connectivity index (χ0) is 19.7. The number of aryl methyl sites for hydroxylation is 1. The third kappa shape index (κ3) is 3.37. The molecule has 1 amide bonds. The molecule has 0 radical (unpaired) electrons. The summed E-state index contributed by atoms with van der Waals surface area (Å²) in [5.41, 5.74) is 3.81. The summed E-state index contributed by atoms with van der Waals surface area (Å²) in [7, 11) is 0. The molecule has 7 nitrogen and oxygen atoms in total. The Morgan fingerprint density at radius 2 is 2.07 bits per heavy atom. The summed E-state index contributed by atoms with van der Waals surface area (Å²) in [5.74, 6) is -0.705. The van der Waals surface area contributed by atoms with E-state index in [1.165, 1.54) is 0 Å². The van der Waals surface area contributed by atoms with Gasteiger partial charge in [0.2, 0.25) is 11.8 Å². The first-order valence-electron chi connectivity index (χ1n) is 8.75. The molecule has 0 bridgehead atoms. The molecule has 0 unspecified atom stereocenters. The van der Waals surface area contributed by atoms with Gasteiger partial charge in [0.1, 0.15) is 12.2 Å². The maximum atomic E-state index is 12.3. The van der Waals surface area contributed by atoms with Crippen LogP contribution in [0.4, 0.5) is 11.4 Å². The van der Waals surface area contributed by atoms with Gasteiger partial charge in [-0.15, -0.1) is 0 Å². The number of nitrogens with one attached hydrogen (secondary N) is 2. The molecule has 0 spiro atoms. The number of benzene rings is 2. The Kier molecular flexibility index (Phi) is 4.41. The van der Waals surface area contributed by atoms with Crippen molar-refractivity contribution in [2.75, 3.05) is 5.32 Å². The molecule has 7 heteroatoms. The highest BCUT2D eigenvalue weighted by atomic mass is 16.3. The van der Waals surface area contributed by atoms with Gasteiger partial charge in [-0.25, -0.2) is 4.79 Å². The Labute approximate surface area is 160 Å². The molecule has 1 aromatic heterocycles. The van der Waals surface area contributed by atoms with Crippen molar-refractivity contribution in [3.8, 4) is 5.88 Å². The number of hydrogen-bond acceptors (Lipinski definition) is 4. The number of rotatable bonds is 4. The van der Waals surface area contributed by atoms with Gasteiger partial charge in [0.15, 0.2) is 0 Å². The molecular weight excluding hydrogens is 356 g/mol. The Morgan fingerprint density at radius 1 is 1.25 bits per heavy atom. The van der Waals surface area contributed by atoms with Crippen molar-refractivity contribution in [3.63, 3.8) is 0 Å². The van der Waals surface area contributed by atoms with Crippen LogP contribution in [0.15, 0.2) is 58.3 Å². The van der Waals surface area contributed by atoms with E-state index in [4.69, 9.17) is 0 Å². The predicted octanol–water partition coefficient (Wildman–Crippen LogP) is 3.09. The highest BCUT2D eigenvalue weighted by molar-refractivity contribution is 6.21. The number of imidazole rings is 1. The van der Waals surface area contributed by atoms with Crippen LogP contribution in [0.2, 0.25) is 0 Å². The van der Waals surface area contributed by atoms with E-state index in [1.807, 2.05) is 49.4 Å². The normalized spacial score (nSPS) is 13.7. The van der Waals surface area contributed by atoms with Crippen LogP contribution in [0.25, 0.3) is 11.6 Å². The van der Waals surface area contributed by atoms with Crippen LogP contribution in [-0.4, -0.2) is 26.8 Å². The number of fused-ring (bicyclic) bond motifs is 1. The van der Waals surface area contributed by atoms with Crippen LogP contribution in [-0.2, 0) is 11.3 Å². The lowest BCUT2D eigenvalue weighted by Gasteiger charge is -2.07. The summed E-state index contributed by atoms with van der Waals surface area (Å²) < 4.78 is 0.996. The van der Waals surface area contributed by atoms with Crippen molar-refractivity contribution in [1.82, 2.24) is 9.55 Å². The fourth-order valence-electron chi connectivity index (χ4n) is 3.10. The Hall–Kier alpha value is -3.87. The van der Waals surface area contributed by atoms with Crippen molar-refractivity contribution in [2.24, 2.45) is 4.99 Å². The minimum Gasteiger partial charge on any atom is -0.493 e. The number of H-pyrrole nitrogens is 1. The van der Waals surface area contributed by atoms with Gasteiger partial charge < -0.3 is 15.4 Å². The Bertz CT molecular complexity index is 1180. The van der Waals surface area contributed by atoms with Crippen LogP contribution in [0.3, 0.4) is 0 Å². The van der Waals surface area contributed by atoms with Gasteiger partial charge in [-0.1, -0.05) is 30.3 Å². The van der Waals surface area contributed by atoms with Crippen molar-refractivity contribution in [3.05, 3.63) is 75.8 Å². The molecule has 0 fully saturated rings. The summed E-state index contributed by atoms with van der Waals surface area (Å²) in [6, 6.07) is 14.9. The van der Waals surface area contributed by atoms with Crippen LogP contribution in [0, 0.1) is 6.92 Å². The number of amides is 1. The van der Waals surface area contributed by atoms with Crippen LogP contribution >= 0.6 is 0 Å². The summed E-state index contributed by atoms with van der Waals surface area (Å²) in [6.07, 6.45) is 3.31. The number of aliphatic imine (C=N–C) groups is 1. The van der Waals surface area contributed by atoms with E-state index in [2.05, 4.69) is 15.3 Å². The largest absolute Gasteiger partial charge is 0.493 e. The topological polar surface area (TPSA) is 99.5 Å². The van der Waals surface area contributed by atoms with Gasteiger partial charge in [0.05, 0.1) is 5.69 Å². The van der Waals surface area contributed by atoms with Crippen LogP contribution in [0.1, 0.15) is 16.8 Å². The smallest absolute Gasteiger partial charge is 0.329 e. The molecule has 1 aliphatic heterocycles. The molecule has 0 atom stereocenters. The van der Waals surface area contributed by atoms with E-state index in [0.29, 0.717) is 5.69 Å². The molecule has 2 aromatic carbocycles. The first-order chi connectivity index (χ1) is 13.5. The molecule has 3 aromatic rings. The van der Waals surface area contributed by atoms with E-state index < -0.39 is 11.6 Å². The molecular formula is C21H18N4O3. The molecule has 0 saturated heterocycles. The number of aromatic hydroxyl groups is 1. The summed E-state index contributed by atoms with van der Waals surface area (Å²) in [5, 5.41) is 13.2. The van der Waals surface area contributed by atoms with E-state index in [0.717, 1.165) is 27.0 Å². The lowest BCUT2D eigenvalue weighted by atomic mass is 10.1. The highest BCUT2D eigenvalue weighted by Gasteiger charge is 2.17. The first-order valence-corrected chi connectivity index (χ1v) is 8.75. The number of allylic oxidation sites excluding steroid dienone is 1. The molecule has 0 saturated carbocycles. The molecule has 140 valence electrons. The van der Waals surface area contributed by atoms with E-state index in [1.54, 1.807) is 18.4 Å². The quantitative estimate of drug-likeness (QED) is 0.654. The Morgan fingerprint density at radius 3 is 2.89 bits per heavy atom. The standard InChI is InChI=1S/C21H18N4O3/c1-13-5-4-6-15(9-13)23-19(26)12-25-20(27)18(24-21(25)28)10-14-11-22-17-8-3-2-7-16(14)17/h2-11,27H,12H2,1H3,(H,23,26)(H,24,28)/b14-10+. The molecule has 2 heterocycles. The number of aromatic nitrogens is 2. The molecule has 4 rings (SSSR count). The lowest BCUT2D eigenvalue weighted by Crippen LogP contribution is -2.25. The lowest BCUT2D eigenvalue weighted by molar-refractivity contribution is -0.116. The van der Waals surface area contributed by atoms with Crippen LogP contribution in [0.5, 0.6) is 5.88 Å². The monoisotopic (exact) mass is 374 g/mol.